The average molecular weight is 461 g/mol. The van der Waals surface area contributed by atoms with Gasteiger partial charge in [0.2, 0.25) is 5.91 Å². The summed E-state index contributed by atoms with van der Waals surface area (Å²) in [4.78, 5) is 38.3. The Morgan fingerprint density at radius 1 is 0.935 bits per heavy atom. The molecule has 7 nitrogen and oxygen atoms in total. The molecule has 0 heterocycles. The third kappa shape index (κ3) is 12.0. The van der Waals surface area contributed by atoms with Gasteiger partial charge >= 0.3 is 12.1 Å². The molecule has 0 bridgehead atoms. The van der Waals surface area contributed by atoms with Crippen LogP contribution in [-0.4, -0.2) is 47.1 Å². The molecule has 0 spiro atoms. The molecule has 2 amide bonds. The summed E-state index contributed by atoms with van der Waals surface area (Å²) in [5, 5.41) is 5.41. The first-order chi connectivity index (χ1) is 14.0. The lowest BCUT2D eigenvalue weighted by Gasteiger charge is -2.30. The van der Waals surface area contributed by atoms with Gasteiger partial charge in [0.25, 0.3) is 0 Å². The van der Waals surface area contributed by atoms with E-state index in [1.54, 1.807) is 48.5 Å². The molecule has 0 unspecified atom stereocenters. The van der Waals surface area contributed by atoms with Gasteiger partial charge in [0.1, 0.15) is 23.3 Å². The number of allylic oxidation sites excluding steroid dienone is 1. The van der Waals surface area contributed by atoms with Crippen molar-refractivity contribution in [1.82, 2.24) is 10.6 Å². The number of carbonyl (C=O) groups excluding carboxylic acids is 3. The Bertz CT molecular complexity index is 647. The van der Waals surface area contributed by atoms with Crippen molar-refractivity contribution >= 4 is 29.6 Å². The largest absolute Gasteiger partial charge is 0.458 e. The lowest BCUT2D eigenvalue weighted by atomic mass is 9.92. The van der Waals surface area contributed by atoms with E-state index in [0.717, 1.165) is 5.57 Å². The van der Waals surface area contributed by atoms with Crippen molar-refractivity contribution in [2.45, 2.75) is 98.9 Å². The maximum atomic E-state index is 13.2. The monoisotopic (exact) mass is 460 g/mol. The minimum atomic E-state index is -0.975. The van der Waals surface area contributed by atoms with Crippen molar-refractivity contribution in [3.63, 3.8) is 0 Å². The van der Waals surface area contributed by atoms with Gasteiger partial charge in [0.05, 0.1) is 0 Å². The van der Waals surface area contributed by atoms with Crippen LogP contribution in [0.4, 0.5) is 4.79 Å². The Balaban J connectivity index is 5.76. The van der Waals surface area contributed by atoms with Gasteiger partial charge in [-0.15, -0.1) is 11.6 Å². The van der Waals surface area contributed by atoms with Gasteiger partial charge in [0.15, 0.2) is 0 Å². The van der Waals surface area contributed by atoms with E-state index < -0.39 is 47.2 Å². The molecule has 0 aliphatic rings. The fraction of sp³-hybridized carbons (Fsp3) is 0.783. The number of amides is 2. The maximum Gasteiger partial charge on any atom is 0.408 e. The molecular weight excluding hydrogens is 420 g/mol. The number of hydrogen-bond acceptors (Lipinski definition) is 5. The minimum absolute atomic E-state index is 0.140. The van der Waals surface area contributed by atoms with Crippen molar-refractivity contribution in [2.24, 2.45) is 11.8 Å². The third-order valence-corrected chi connectivity index (χ3v) is 4.59. The highest BCUT2D eigenvalue weighted by molar-refractivity contribution is 6.19. The Morgan fingerprint density at radius 3 is 1.84 bits per heavy atom. The summed E-state index contributed by atoms with van der Waals surface area (Å²) in [6.45, 7) is 18.0. The predicted octanol–water partition coefficient (Wildman–Crippen LogP) is 4.57. The number of esters is 1. The molecule has 0 fully saturated rings. The maximum absolute atomic E-state index is 13.2. The molecule has 0 rings (SSSR count). The molecular formula is C23H41ClN2O5. The number of alkyl carbamates (subject to hydrolysis) is 1. The van der Waals surface area contributed by atoms with Crippen LogP contribution in [0.25, 0.3) is 0 Å². The number of rotatable bonds is 9. The number of alkyl halides is 1. The summed E-state index contributed by atoms with van der Waals surface area (Å²) in [6, 6.07) is -1.82. The fourth-order valence-electron chi connectivity index (χ4n) is 2.85. The summed E-state index contributed by atoms with van der Waals surface area (Å²) in [5.74, 6) is -1.07. The van der Waals surface area contributed by atoms with E-state index in [0.29, 0.717) is 6.42 Å². The smallest absolute Gasteiger partial charge is 0.408 e. The van der Waals surface area contributed by atoms with Crippen LogP contribution in [0.3, 0.4) is 0 Å². The number of ether oxygens (including phenoxy) is 2. The molecule has 0 aromatic rings. The molecule has 0 saturated heterocycles. The molecule has 31 heavy (non-hydrogen) atoms. The van der Waals surface area contributed by atoms with E-state index in [-0.39, 0.29) is 11.8 Å². The van der Waals surface area contributed by atoms with Gasteiger partial charge in [-0.3, -0.25) is 4.79 Å². The van der Waals surface area contributed by atoms with Gasteiger partial charge in [-0.25, -0.2) is 9.59 Å². The van der Waals surface area contributed by atoms with Crippen LogP contribution in [0.5, 0.6) is 0 Å². The lowest BCUT2D eigenvalue weighted by molar-refractivity contribution is -0.159. The van der Waals surface area contributed by atoms with Crippen molar-refractivity contribution in [3.8, 4) is 0 Å². The van der Waals surface area contributed by atoms with E-state index in [1.807, 2.05) is 26.8 Å². The van der Waals surface area contributed by atoms with Crippen LogP contribution in [0.2, 0.25) is 0 Å². The predicted molar refractivity (Wildman–Crippen MR) is 124 cm³/mol. The average Bonchev–Trinajstić information content (AvgIpc) is 2.56. The summed E-state index contributed by atoms with van der Waals surface area (Å²) >= 11 is 6.03. The summed E-state index contributed by atoms with van der Waals surface area (Å²) in [6.07, 6.45) is 1.50. The van der Waals surface area contributed by atoms with Crippen LogP contribution >= 0.6 is 11.6 Å². The molecule has 0 radical (unpaired) electrons. The molecule has 0 aromatic carbocycles. The quantitative estimate of drug-likeness (QED) is 0.298. The van der Waals surface area contributed by atoms with Gasteiger partial charge in [-0.1, -0.05) is 32.4 Å². The third-order valence-electron chi connectivity index (χ3n) is 4.28. The second-order valence-electron chi connectivity index (χ2n) is 10.1. The van der Waals surface area contributed by atoms with Gasteiger partial charge in [-0.2, -0.15) is 0 Å². The van der Waals surface area contributed by atoms with Gasteiger partial charge < -0.3 is 20.1 Å². The zero-order valence-corrected chi connectivity index (χ0v) is 21.5. The second-order valence-corrected chi connectivity index (χ2v) is 10.4. The number of carbonyl (C=O) groups is 3. The lowest BCUT2D eigenvalue weighted by Crippen LogP contribution is -2.56. The SMILES string of the molecule is C/C=C(\CCl)[C@@H](C)[C@H](NC(=O)OC(C)(C)C)C(=O)N[C@@H](CC(C)C)C(=O)OC(C)(C)C. The Hall–Kier alpha value is -1.76. The highest BCUT2D eigenvalue weighted by Gasteiger charge is 2.34. The Labute approximate surface area is 192 Å². The molecule has 3 atom stereocenters. The fourth-order valence-corrected chi connectivity index (χ4v) is 3.25. The van der Waals surface area contributed by atoms with Crippen molar-refractivity contribution in [1.29, 1.82) is 0 Å². The van der Waals surface area contributed by atoms with Crippen LogP contribution in [0.15, 0.2) is 11.6 Å². The zero-order valence-electron chi connectivity index (χ0n) is 20.7. The first kappa shape index (κ1) is 29.2. The minimum Gasteiger partial charge on any atom is -0.458 e. The van der Waals surface area contributed by atoms with Crippen molar-refractivity contribution in [2.75, 3.05) is 5.88 Å². The molecule has 0 aliphatic carbocycles. The van der Waals surface area contributed by atoms with Crippen LogP contribution in [0, 0.1) is 11.8 Å². The van der Waals surface area contributed by atoms with Crippen LogP contribution in [-0.2, 0) is 19.1 Å². The normalized spacial score (nSPS) is 15.7. The van der Waals surface area contributed by atoms with E-state index in [1.165, 1.54) is 0 Å². The number of hydrogen-bond donors (Lipinski definition) is 2. The summed E-state index contributed by atoms with van der Waals surface area (Å²) in [5.41, 5.74) is -0.619. The molecule has 0 aromatic heterocycles. The highest BCUT2D eigenvalue weighted by atomic mass is 35.5. The van der Waals surface area contributed by atoms with Crippen LogP contribution in [0.1, 0.15) is 75.7 Å². The van der Waals surface area contributed by atoms with E-state index >= 15 is 0 Å². The summed E-state index contributed by atoms with van der Waals surface area (Å²) in [7, 11) is 0. The topological polar surface area (TPSA) is 93.7 Å². The van der Waals surface area contributed by atoms with Gasteiger partial charge in [-0.05, 0) is 60.8 Å². The first-order valence-corrected chi connectivity index (χ1v) is 11.3. The standard InChI is InChI=1S/C23H41ClN2O5/c1-11-16(13-24)15(4)18(26-21(29)31-23(8,9)10)19(27)25-17(12-14(2)3)20(28)30-22(5,6)7/h11,14-15,17-18H,12-13H2,1-10H3,(H,25,27)(H,26,29)/b16-11+/t15-,17+,18+/m1/s1. The summed E-state index contributed by atoms with van der Waals surface area (Å²) < 4.78 is 10.8. The number of nitrogens with one attached hydrogen (secondary N) is 2. The van der Waals surface area contributed by atoms with E-state index in [2.05, 4.69) is 10.6 Å². The zero-order chi connectivity index (χ0) is 24.6. The second kappa shape index (κ2) is 12.3. The van der Waals surface area contributed by atoms with Crippen molar-refractivity contribution < 1.29 is 23.9 Å². The van der Waals surface area contributed by atoms with Gasteiger partial charge in [0, 0.05) is 11.8 Å². The molecule has 2 N–H and O–H groups in total. The molecule has 180 valence electrons. The first-order valence-electron chi connectivity index (χ1n) is 10.7. The molecule has 0 aliphatic heterocycles. The van der Waals surface area contributed by atoms with Crippen molar-refractivity contribution in [3.05, 3.63) is 11.6 Å². The van der Waals surface area contributed by atoms with E-state index in [9.17, 15) is 14.4 Å². The molecule has 0 saturated carbocycles. The van der Waals surface area contributed by atoms with Crippen LogP contribution < -0.4 is 10.6 Å². The highest BCUT2D eigenvalue weighted by Crippen LogP contribution is 2.19. The Morgan fingerprint density at radius 2 is 1.45 bits per heavy atom. The molecule has 8 heteroatoms. The van der Waals surface area contributed by atoms with E-state index in [4.69, 9.17) is 21.1 Å². The number of halogens is 1. The Kier molecular flexibility index (Phi) is 11.6.